The van der Waals surface area contributed by atoms with Crippen LogP contribution in [0.15, 0.2) is 70.8 Å². The van der Waals surface area contributed by atoms with Crippen LogP contribution < -0.4 is 20.1 Å². The topological polar surface area (TPSA) is 120 Å². The average Bonchev–Trinajstić information content (AvgIpc) is 3.28. The van der Waals surface area contributed by atoms with E-state index in [0.717, 1.165) is 10.5 Å². The number of hydrogen-bond acceptors (Lipinski definition) is 6. The van der Waals surface area contributed by atoms with Gasteiger partial charge in [0.15, 0.2) is 11.5 Å². The van der Waals surface area contributed by atoms with Gasteiger partial charge >= 0.3 is 0 Å². The number of rotatable bonds is 6. The number of nitro groups is 1. The number of carbonyl (C=O) groups excluding carboxylic acids is 2. The first-order valence-electron chi connectivity index (χ1n) is 9.74. The van der Waals surface area contributed by atoms with Crippen molar-refractivity contribution in [3.63, 3.8) is 0 Å². The van der Waals surface area contributed by atoms with Crippen LogP contribution in [0.25, 0.3) is 6.08 Å². The smallest absolute Gasteiger partial charge is 0.289 e. The quantitative estimate of drug-likeness (QED) is 0.252. The Morgan fingerprint density at radius 2 is 1.76 bits per heavy atom. The lowest BCUT2D eigenvalue weighted by molar-refractivity contribution is -0.384. The maximum Gasteiger partial charge on any atom is 0.289 e. The minimum atomic E-state index is -0.695. The van der Waals surface area contributed by atoms with E-state index in [0.29, 0.717) is 22.6 Å². The third kappa shape index (κ3) is 5.36. The van der Waals surface area contributed by atoms with Crippen LogP contribution in [0, 0.1) is 10.1 Å². The van der Waals surface area contributed by atoms with Gasteiger partial charge < -0.3 is 20.1 Å². The molecule has 0 atom stereocenters. The summed E-state index contributed by atoms with van der Waals surface area (Å²) in [4.78, 5) is 36.4. The van der Waals surface area contributed by atoms with Crippen LogP contribution in [-0.4, -0.2) is 23.5 Å². The second-order valence-electron chi connectivity index (χ2n) is 7.01. The van der Waals surface area contributed by atoms with Gasteiger partial charge in [-0.3, -0.25) is 19.7 Å². The number of anilines is 1. The van der Waals surface area contributed by atoms with E-state index in [4.69, 9.17) is 21.1 Å². The molecule has 11 heteroatoms. The third-order valence-corrected chi connectivity index (χ3v) is 5.56. The Morgan fingerprint density at radius 1 is 1.03 bits per heavy atom. The molecule has 4 rings (SSSR count). The van der Waals surface area contributed by atoms with Gasteiger partial charge in [-0.05, 0) is 60.2 Å². The molecule has 1 aliphatic rings. The zero-order chi connectivity index (χ0) is 24.2. The Bertz CT molecular complexity index is 1330. The number of amides is 2. The summed E-state index contributed by atoms with van der Waals surface area (Å²) in [6, 6.07) is 15.5. The molecule has 0 radical (unpaired) electrons. The van der Waals surface area contributed by atoms with Gasteiger partial charge in [-0.25, -0.2) is 0 Å². The number of halogens is 2. The molecule has 0 saturated carbocycles. The van der Waals surface area contributed by atoms with Crippen molar-refractivity contribution in [1.29, 1.82) is 0 Å². The molecule has 0 unspecified atom stereocenters. The minimum absolute atomic E-state index is 0.0670. The molecule has 0 aliphatic carbocycles. The highest BCUT2D eigenvalue weighted by Crippen LogP contribution is 2.33. The van der Waals surface area contributed by atoms with Crippen LogP contribution in [-0.2, 0) is 4.79 Å². The molecule has 172 valence electrons. The summed E-state index contributed by atoms with van der Waals surface area (Å²) in [5, 5.41) is 16.3. The second-order valence-corrected chi connectivity index (χ2v) is 8.33. The lowest BCUT2D eigenvalue weighted by Crippen LogP contribution is -2.30. The monoisotopic (exact) mass is 543 g/mol. The fourth-order valence-electron chi connectivity index (χ4n) is 3.05. The molecule has 3 aromatic carbocycles. The Kier molecular flexibility index (Phi) is 6.80. The van der Waals surface area contributed by atoms with Crippen LogP contribution in [0.3, 0.4) is 0 Å². The van der Waals surface area contributed by atoms with E-state index in [1.54, 1.807) is 42.5 Å². The largest absolute Gasteiger partial charge is 0.454 e. The first-order valence-corrected chi connectivity index (χ1v) is 10.9. The lowest BCUT2D eigenvalue weighted by atomic mass is 10.1. The van der Waals surface area contributed by atoms with Crippen LogP contribution in [0.4, 0.5) is 11.4 Å². The van der Waals surface area contributed by atoms with E-state index in [-0.39, 0.29) is 28.9 Å². The van der Waals surface area contributed by atoms with Crippen molar-refractivity contribution in [2.75, 3.05) is 12.1 Å². The molecule has 34 heavy (non-hydrogen) atoms. The SMILES string of the molecule is O=C(Nc1ccc(Cl)c([N+](=O)[O-])c1)/C(=C/c1ccc2c(c1)OCO2)NC(=O)c1ccc(Br)cc1. The van der Waals surface area contributed by atoms with Crippen LogP contribution in [0.5, 0.6) is 11.5 Å². The van der Waals surface area contributed by atoms with Gasteiger partial charge in [0.05, 0.1) is 4.92 Å². The van der Waals surface area contributed by atoms with Crippen LogP contribution in [0.1, 0.15) is 15.9 Å². The zero-order valence-corrected chi connectivity index (χ0v) is 19.6. The van der Waals surface area contributed by atoms with Gasteiger partial charge in [-0.2, -0.15) is 0 Å². The number of nitrogens with zero attached hydrogens (tertiary/aromatic N) is 1. The molecule has 3 aromatic rings. The highest BCUT2D eigenvalue weighted by molar-refractivity contribution is 9.10. The molecule has 1 aliphatic heterocycles. The van der Waals surface area contributed by atoms with E-state index in [1.807, 2.05) is 0 Å². The van der Waals surface area contributed by atoms with Crippen molar-refractivity contribution < 1.29 is 24.0 Å². The normalized spacial score (nSPS) is 12.2. The maximum atomic E-state index is 13.1. The van der Waals surface area contributed by atoms with Gasteiger partial charge in [-0.1, -0.05) is 33.6 Å². The molecule has 2 N–H and O–H groups in total. The molecule has 0 aromatic heterocycles. The summed E-state index contributed by atoms with van der Waals surface area (Å²) in [6.45, 7) is 0.0888. The van der Waals surface area contributed by atoms with Crippen molar-refractivity contribution in [2.45, 2.75) is 0 Å². The van der Waals surface area contributed by atoms with Crippen molar-refractivity contribution in [3.8, 4) is 11.5 Å². The predicted octanol–water partition coefficient (Wildman–Crippen LogP) is 5.15. The maximum absolute atomic E-state index is 13.1. The Morgan fingerprint density at radius 3 is 2.50 bits per heavy atom. The fraction of sp³-hybridized carbons (Fsp3) is 0.0435. The van der Waals surface area contributed by atoms with E-state index in [9.17, 15) is 19.7 Å². The summed E-state index contributed by atoms with van der Waals surface area (Å²) in [5.41, 5.74) is 0.571. The summed E-state index contributed by atoms with van der Waals surface area (Å²) in [6.07, 6.45) is 1.46. The van der Waals surface area contributed by atoms with E-state index in [2.05, 4.69) is 26.6 Å². The average molecular weight is 545 g/mol. The first kappa shape index (κ1) is 23.3. The summed E-state index contributed by atoms with van der Waals surface area (Å²) >= 11 is 9.15. The summed E-state index contributed by atoms with van der Waals surface area (Å²) in [5.74, 6) is -0.145. The Labute approximate surface area is 206 Å². The number of nitrogens with one attached hydrogen (secondary N) is 2. The van der Waals surface area contributed by atoms with Crippen molar-refractivity contribution in [1.82, 2.24) is 5.32 Å². The molecule has 2 amide bonds. The number of nitro benzene ring substituents is 1. The fourth-order valence-corrected chi connectivity index (χ4v) is 3.50. The molecular formula is C23H15BrClN3O6. The zero-order valence-electron chi connectivity index (χ0n) is 17.2. The summed E-state index contributed by atoms with van der Waals surface area (Å²) < 4.78 is 11.5. The van der Waals surface area contributed by atoms with Crippen LogP contribution >= 0.6 is 27.5 Å². The van der Waals surface area contributed by atoms with Gasteiger partial charge in [0, 0.05) is 21.8 Å². The Hall–Kier alpha value is -3.89. The van der Waals surface area contributed by atoms with Gasteiger partial charge in [-0.15, -0.1) is 0 Å². The predicted molar refractivity (Wildman–Crippen MR) is 129 cm³/mol. The van der Waals surface area contributed by atoms with E-state index in [1.165, 1.54) is 18.2 Å². The first-order chi connectivity index (χ1) is 16.3. The van der Waals surface area contributed by atoms with Gasteiger partial charge in [0.25, 0.3) is 17.5 Å². The second kappa shape index (κ2) is 9.94. The van der Waals surface area contributed by atoms with Crippen molar-refractivity contribution >= 4 is 56.8 Å². The Balaban J connectivity index is 1.64. The standard InChI is InChI=1S/C23H15BrClN3O6/c24-15-4-2-14(3-5-15)22(29)27-18(9-13-1-8-20-21(10-13)34-12-33-20)23(30)26-16-6-7-17(25)19(11-16)28(31)32/h1-11H,12H2,(H,26,30)(H,27,29)/b18-9-. The third-order valence-electron chi connectivity index (χ3n) is 4.71. The number of ether oxygens (including phenoxy) is 2. The molecule has 0 bridgehead atoms. The number of benzene rings is 3. The van der Waals surface area contributed by atoms with Crippen molar-refractivity contribution in [3.05, 3.63) is 97.1 Å². The van der Waals surface area contributed by atoms with Gasteiger partial charge in [0.1, 0.15) is 10.7 Å². The number of fused-ring (bicyclic) bond motifs is 1. The highest BCUT2D eigenvalue weighted by Gasteiger charge is 2.19. The molecule has 1 heterocycles. The van der Waals surface area contributed by atoms with E-state index < -0.39 is 16.7 Å². The molecular weight excluding hydrogens is 530 g/mol. The van der Waals surface area contributed by atoms with Crippen molar-refractivity contribution in [2.24, 2.45) is 0 Å². The van der Waals surface area contributed by atoms with Crippen LogP contribution in [0.2, 0.25) is 5.02 Å². The molecule has 0 saturated heterocycles. The molecule has 9 nitrogen and oxygen atoms in total. The van der Waals surface area contributed by atoms with Gasteiger partial charge in [0.2, 0.25) is 6.79 Å². The highest BCUT2D eigenvalue weighted by atomic mass is 79.9. The van der Waals surface area contributed by atoms with E-state index >= 15 is 0 Å². The molecule has 0 spiro atoms. The minimum Gasteiger partial charge on any atom is -0.454 e. The summed E-state index contributed by atoms with van der Waals surface area (Å²) in [7, 11) is 0. The lowest BCUT2D eigenvalue weighted by Gasteiger charge is -2.12. The number of hydrogen-bond donors (Lipinski definition) is 2. The molecule has 0 fully saturated rings. The number of carbonyl (C=O) groups is 2.